The van der Waals surface area contributed by atoms with Crippen molar-refractivity contribution in [2.45, 2.75) is 6.92 Å². The molecular formula is C25H20BN2Y2-. The van der Waals surface area contributed by atoms with Crippen molar-refractivity contribution in [3.63, 3.8) is 0 Å². The van der Waals surface area contributed by atoms with E-state index in [2.05, 4.69) is 48.3 Å². The van der Waals surface area contributed by atoms with E-state index in [9.17, 15) is 0 Å². The molecule has 1 aromatic heterocycles. The second kappa shape index (κ2) is 13.4. The Balaban J connectivity index is 0.00000210. The maximum Gasteiger partial charge on any atom is 3.00 e. The van der Waals surface area contributed by atoms with Gasteiger partial charge in [0.2, 0.25) is 0 Å². The molecule has 0 amide bonds. The van der Waals surface area contributed by atoms with Crippen molar-refractivity contribution in [2.75, 3.05) is 0 Å². The molecular weight excluding hydrogens is 517 g/mol. The van der Waals surface area contributed by atoms with Gasteiger partial charge in [-0.3, -0.25) is 27.8 Å². The first-order valence-corrected chi connectivity index (χ1v) is 8.48. The molecule has 30 heavy (non-hydrogen) atoms. The summed E-state index contributed by atoms with van der Waals surface area (Å²) in [4.78, 5) is 4.52. The van der Waals surface area contributed by atoms with Crippen molar-refractivity contribution >= 4 is 8.41 Å². The standard InChI is InChI=1S/C24H17N2.CH3.B.2Y/c1-18-12-13-22(17-23(18)24-25-14-7-15-26(24)2)21-11-6-10-20(16-21)19-8-4-3-5-9-19;;;;/h3-8,10,12-15H,1-2H3;1H3;;;/q-3;-1;;;+3. The molecule has 4 radical (unpaired) electrons. The number of aromatic nitrogens is 2. The molecule has 0 aliphatic heterocycles. The fourth-order valence-corrected chi connectivity index (χ4v) is 2.91. The van der Waals surface area contributed by atoms with Crippen LogP contribution in [0.2, 0.25) is 0 Å². The Morgan fingerprint density at radius 1 is 0.867 bits per heavy atom. The van der Waals surface area contributed by atoms with Gasteiger partial charge >= 0.3 is 32.7 Å². The zero-order valence-corrected chi connectivity index (χ0v) is 23.2. The zero-order valence-electron chi connectivity index (χ0n) is 17.5. The molecule has 3 aromatic carbocycles. The van der Waals surface area contributed by atoms with Gasteiger partial charge in [0.05, 0.1) is 13.2 Å². The van der Waals surface area contributed by atoms with Gasteiger partial charge in [-0.05, 0) is 5.56 Å². The number of rotatable bonds is 3. The molecule has 4 aromatic rings. The van der Waals surface area contributed by atoms with Crippen molar-refractivity contribution in [1.29, 1.82) is 0 Å². The van der Waals surface area contributed by atoms with Gasteiger partial charge in [-0.25, -0.2) is 12.1 Å². The summed E-state index contributed by atoms with van der Waals surface area (Å²) in [5, 5.41) is 0. The van der Waals surface area contributed by atoms with Crippen molar-refractivity contribution in [3.8, 4) is 33.6 Å². The molecule has 0 saturated heterocycles. The van der Waals surface area contributed by atoms with E-state index in [0.29, 0.717) is 0 Å². The van der Waals surface area contributed by atoms with E-state index in [1.807, 2.05) is 60.3 Å². The molecule has 0 unspecified atom stereocenters. The fraction of sp³-hybridized carbons (Fsp3) is 0.0800. The van der Waals surface area contributed by atoms with E-state index >= 15 is 0 Å². The van der Waals surface area contributed by atoms with E-state index < -0.39 is 0 Å². The summed E-state index contributed by atoms with van der Waals surface area (Å²) >= 11 is 0. The molecule has 0 atom stereocenters. The van der Waals surface area contributed by atoms with Gasteiger partial charge in [0.25, 0.3) is 5.82 Å². The molecule has 2 nitrogen and oxygen atoms in total. The van der Waals surface area contributed by atoms with Crippen LogP contribution in [0.15, 0.2) is 67.0 Å². The van der Waals surface area contributed by atoms with Gasteiger partial charge in [-0.2, -0.15) is 5.56 Å². The number of hydrogen-bond acceptors (Lipinski definition) is 1. The quantitative estimate of drug-likeness (QED) is 0.214. The summed E-state index contributed by atoms with van der Waals surface area (Å²) in [5.41, 5.74) is 5.98. The van der Waals surface area contributed by atoms with E-state index in [0.717, 1.165) is 39.2 Å². The third kappa shape index (κ3) is 6.50. The SMILES string of the molecule is Cc1ccc(-c2[c-]ccc(-c3[c-]cccc3)[c-]2)[c-]c1-c1nccc[n+]1C.[B].[CH3-].[Y+3].[Y]. The minimum Gasteiger partial charge on any atom is -0.367 e. The number of benzene rings is 3. The van der Waals surface area contributed by atoms with E-state index in [4.69, 9.17) is 0 Å². The summed E-state index contributed by atoms with van der Waals surface area (Å²) in [7, 11) is 1.99. The van der Waals surface area contributed by atoms with Gasteiger partial charge in [0.15, 0.2) is 0 Å². The molecule has 0 spiro atoms. The Labute approximate surface area is 232 Å². The average molecular weight is 537 g/mol. The van der Waals surface area contributed by atoms with Crippen LogP contribution in [0.25, 0.3) is 33.6 Å². The van der Waals surface area contributed by atoms with Crippen LogP contribution in [0.5, 0.6) is 0 Å². The Kier molecular flexibility index (Phi) is 13.0. The smallest absolute Gasteiger partial charge is 0.367 e. The van der Waals surface area contributed by atoms with Crippen LogP contribution < -0.4 is 4.57 Å². The minimum atomic E-state index is 0. The molecule has 5 heteroatoms. The van der Waals surface area contributed by atoms with Crippen LogP contribution in [-0.2, 0) is 72.5 Å². The van der Waals surface area contributed by atoms with E-state index in [-0.39, 0.29) is 81.3 Å². The molecule has 0 aliphatic rings. The third-order valence-electron chi connectivity index (χ3n) is 4.31. The first-order valence-electron chi connectivity index (χ1n) is 8.48. The monoisotopic (exact) mass is 537 g/mol. The van der Waals surface area contributed by atoms with Gasteiger partial charge in [-0.15, -0.1) is 42.0 Å². The molecule has 140 valence electrons. The van der Waals surface area contributed by atoms with E-state index in [1.54, 1.807) is 6.20 Å². The fourth-order valence-electron chi connectivity index (χ4n) is 2.91. The number of aryl methyl sites for hydroxylation is 2. The Morgan fingerprint density at radius 2 is 1.67 bits per heavy atom. The largest absolute Gasteiger partial charge is 3.00 e. The molecule has 0 saturated carbocycles. The molecule has 1 heterocycles. The number of hydrogen-bond donors (Lipinski definition) is 0. The van der Waals surface area contributed by atoms with Crippen LogP contribution in [-0.4, -0.2) is 13.4 Å². The van der Waals surface area contributed by atoms with Crippen molar-refractivity contribution in [1.82, 2.24) is 4.98 Å². The summed E-state index contributed by atoms with van der Waals surface area (Å²) in [5.74, 6) is 0.888. The maximum absolute atomic E-state index is 4.52. The average Bonchev–Trinajstić information content (AvgIpc) is 2.70. The summed E-state index contributed by atoms with van der Waals surface area (Å²) < 4.78 is 2.01. The second-order valence-electron chi connectivity index (χ2n) is 6.15. The predicted octanol–water partition coefficient (Wildman–Crippen LogP) is 4.48. The molecule has 4 rings (SSSR count). The van der Waals surface area contributed by atoms with Crippen LogP contribution in [0, 0.1) is 38.6 Å². The zero-order chi connectivity index (χ0) is 17.9. The van der Waals surface area contributed by atoms with Gasteiger partial charge in [0.1, 0.15) is 6.20 Å². The van der Waals surface area contributed by atoms with Crippen LogP contribution >= 0.6 is 0 Å². The Bertz CT molecular complexity index is 1070. The van der Waals surface area contributed by atoms with Crippen molar-refractivity contribution in [2.24, 2.45) is 7.05 Å². The minimum absolute atomic E-state index is 0. The van der Waals surface area contributed by atoms with Gasteiger partial charge in [-0.1, -0.05) is 11.9 Å². The van der Waals surface area contributed by atoms with E-state index in [1.165, 1.54) is 0 Å². The molecule has 0 N–H and O–H groups in total. The van der Waals surface area contributed by atoms with Gasteiger partial charge in [0, 0.05) is 47.2 Å². The molecule has 0 aliphatic carbocycles. The Hall–Kier alpha value is -0.987. The number of nitrogens with zero attached hydrogens (tertiary/aromatic N) is 2. The van der Waals surface area contributed by atoms with Gasteiger partial charge < -0.3 is 25.1 Å². The summed E-state index contributed by atoms with van der Waals surface area (Å²) in [6, 6.07) is 31.4. The first kappa shape index (κ1) is 29.0. The molecule has 0 bridgehead atoms. The first-order chi connectivity index (χ1) is 12.7. The van der Waals surface area contributed by atoms with Crippen LogP contribution in [0.3, 0.4) is 0 Å². The molecule has 0 fully saturated rings. The Morgan fingerprint density at radius 3 is 2.37 bits per heavy atom. The topological polar surface area (TPSA) is 16.8 Å². The van der Waals surface area contributed by atoms with Crippen LogP contribution in [0.4, 0.5) is 0 Å². The van der Waals surface area contributed by atoms with Crippen LogP contribution in [0.1, 0.15) is 5.56 Å². The summed E-state index contributed by atoms with van der Waals surface area (Å²) in [6.45, 7) is 2.08. The maximum atomic E-state index is 4.52. The predicted molar refractivity (Wildman–Crippen MR) is 114 cm³/mol. The normalized spacial score (nSPS) is 9.27. The third-order valence-corrected chi connectivity index (χ3v) is 4.31. The van der Waals surface area contributed by atoms with Crippen molar-refractivity contribution in [3.05, 3.63) is 104 Å². The second-order valence-corrected chi connectivity index (χ2v) is 6.15. The summed E-state index contributed by atoms with van der Waals surface area (Å²) in [6.07, 6.45) is 3.80. The van der Waals surface area contributed by atoms with Crippen molar-refractivity contribution < 1.29 is 70.0 Å².